The second-order valence-corrected chi connectivity index (χ2v) is 7.11. The number of halogens is 1. The summed E-state index contributed by atoms with van der Waals surface area (Å²) in [4.78, 5) is 0. The van der Waals surface area contributed by atoms with Crippen LogP contribution in [0.2, 0.25) is 0 Å². The summed E-state index contributed by atoms with van der Waals surface area (Å²) in [6.45, 7) is 3.15. The summed E-state index contributed by atoms with van der Waals surface area (Å²) in [5, 5.41) is 0. The number of hydrogen-bond acceptors (Lipinski definition) is 2. The molecule has 3 unspecified atom stereocenters. The van der Waals surface area contributed by atoms with E-state index in [-0.39, 0.29) is 6.04 Å². The molecule has 3 rings (SSSR count). The molecule has 1 aliphatic carbocycles. The van der Waals surface area contributed by atoms with Crippen LogP contribution in [0, 0.1) is 11.8 Å². The predicted octanol–water partition coefficient (Wildman–Crippen LogP) is 3.69. The van der Waals surface area contributed by atoms with Crippen molar-refractivity contribution in [1.29, 1.82) is 0 Å². The van der Waals surface area contributed by atoms with Gasteiger partial charge in [-0.3, -0.25) is 0 Å². The summed E-state index contributed by atoms with van der Waals surface area (Å²) in [7, 11) is 0. The third-order valence-corrected chi connectivity index (χ3v) is 5.08. The van der Waals surface area contributed by atoms with Crippen molar-refractivity contribution < 1.29 is 4.74 Å². The molecule has 3 heteroatoms. The molecule has 1 heterocycles. The van der Waals surface area contributed by atoms with Gasteiger partial charge in [-0.05, 0) is 54.4 Å². The van der Waals surface area contributed by atoms with E-state index in [1.54, 1.807) is 0 Å². The number of nitrogens with two attached hydrogens (primary N) is 1. The highest BCUT2D eigenvalue weighted by Crippen LogP contribution is 2.37. The Hall–Kier alpha value is -0.540. The minimum Gasteiger partial charge on any atom is -0.493 e. The molecular formula is C16H22BrNO. The van der Waals surface area contributed by atoms with Crippen LogP contribution in [0.1, 0.15) is 37.3 Å². The van der Waals surface area contributed by atoms with E-state index in [9.17, 15) is 0 Å². The van der Waals surface area contributed by atoms with Gasteiger partial charge in [0.15, 0.2) is 0 Å². The Bertz CT molecular complexity index is 474. The highest BCUT2D eigenvalue weighted by molar-refractivity contribution is 9.10. The standard InChI is InChI=1S/C16H22BrNO/c1-10-2-3-11(6-10)15(18)9-13-8-14(17)7-12-4-5-19-16(12)13/h7-8,10-11,15H,2-6,9,18H2,1H3. The Kier molecular flexibility index (Phi) is 3.86. The first-order valence-electron chi connectivity index (χ1n) is 7.33. The smallest absolute Gasteiger partial charge is 0.125 e. The molecule has 104 valence electrons. The fraction of sp³-hybridized carbons (Fsp3) is 0.625. The van der Waals surface area contributed by atoms with Crippen LogP contribution in [0.3, 0.4) is 0 Å². The van der Waals surface area contributed by atoms with E-state index in [0.717, 1.165) is 35.6 Å². The van der Waals surface area contributed by atoms with Gasteiger partial charge < -0.3 is 10.5 Å². The first kappa shape index (κ1) is 13.4. The molecule has 3 atom stereocenters. The minimum atomic E-state index is 0.271. The zero-order chi connectivity index (χ0) is 13.4. The highest BCUT2D eigenvalue weighted by atomic mass is 79.9. The second-order valence-electron chi connectivity index (χ2n) is 6.20. The van der Waals surface area contributed by atoms with E-state index >= 15 is 0 Å². The van der Waals surface area contributed by atoms with Crippen molar-refractivity contribution >= 4 is 15.9 Å². The zero-order valence-electron chi connectivity index (χ0n) is 11.5. The number of rotatable bonds is 3. The lowest BCUT2D eigenvalue weighted by Crippen LogP contribution is -2.31. The topological polar surface area (TPSA) is 35.2 Å². The molecule has 1 aromatic carbocycles. The van der Waals surface area contributed by atoms with E-state index in [1.807, 2.05) is 0 Å². The van der Waals surface area contributed by atoms with E-state index in [0.29, 0.717) is 5.92 Å². The highest BCUT2D eigenvalue weighted by Gasteiger charge is 2.28. The maximum atomic E-state index is 6.45. The fourth-order valence-corrected chi connectivity index (χ4v) is 4.11. The fourth-order valence-electron chi connectivity index (χ4n) is 3.56. The third kappa shape index (κ3) is 2.82. The normalized spacial score (nSPS) is 27.1. The molecule has 0 saturated heterocycles. The maximum absolute atomic E-state index is 6.45. The van der Waals surface area contributed by atoms with Crippen LogP contribution in [0.25, 0.3) is 0 Å². The van der Waals surface area contributed by atoms with Crippen LogP contribution in [-0.2, 0) is 12.8 Å². The summed E-state index contributed by atoms with van der Waals surface area (Å²) in [6.07, 6.45) is 5.89. The van der Waals surface area contributed by atoms with Crippen molar-refractivity contribution in [2.24, 2.45) is 17.6 Å². The average Bonchev–Trinajstić information content (AvgIpc) is 2.97. The Morgan fingerprint density at radius 3 is 3.00 bits per heavy atom. The van der Waals surface area contributed by atoms with Gasteiger partial charge in [-0.25, -0.2) is 0 Å². The van der Waals surface area contributed by atoms with Gasteiger partial charge >= 0.3 is 0 Å². The monoisotopic (exact) mass is 323 g/mol. The Labute approximate surface area is 123 Å². The number of fused-ring (bicyclic) bond motifs is 1. The summed E-state index contributed by atoms with van der Waals surface area (Å²) < 4.78 is 6.94. The van der Waals surface area contributed by atoms with E-state index < -0.39 is 0 Å². The van der Waals surface area contributed by atoms with Gasteiger partial charge in [0.1, 0.15) is 5.75 Å². The van der Waals surface area contributed by atoms with Crippen molar-refractivity contribution in [3.05, 3.63) is 27.7 Å². The second kappa shape index (κ2) is 5.45. The Morgan fingerprint density at radius 2 is 2.26 bits per heavy atom. The summed E-state index contributed by atoms with van der Waals surface area (Å²) in [5.41, 5.74) is 9.06. The van der Waals surface area contributed by atoms with Crippen molar-refractivity contribution in [3.8, 4) is 5.75 Å². The lowest BCUT2D eigenvalue weighted by Gasteiger charge is -2.20. The molecule has 1 saturated carbocycles. The van der Waals surface area contributed by atoms with E-state index in [2.05, 4.69) is 35.0 Å². The van der Waals surface area contributed by atoms with Crippen LogP contribution < -0.4 is 10.5 Å². The molecule has 0 radical (unpaired) electrons. The quantitative estimate of drug-likeness (QED) is 0.920. The lowest BCUT2D eigenvalue weighted by atomic mass is 9.91. The number of benzene rings is 1. The van der Waals surface area contributed by atoms with Gasteiger partial charge in [0.25, 0.3) is 0 Å². The zero-order valence-corrected chi connectivity index (χ0v) is 13.1. The molecule has 2 N–H and O–H groups in total. The third-order valence-electron chi connectivity index (χ3n) is 4.62. The molecule has 1 aromatic rings. The van der Waals surface area contributed by atoms with Crippen LogP contribution in [0.15, 0.2) is 16.6 Å². The summed E-state index contributed by atoms with van der Waals surface area (Å²) in [6, 6.07) is 4.63. The predicted molar refractivity (Wildman–Crippen MR) is 81.5 cm³/mol. The molecule has 0 aromatic heterocycles. The van der Waals surface area contributed by atoms with Crippen LogP contribution in [0.5, 0.6) is 5.75 Å². The van der Waals surface area contributed by atoms with Gasteiger partial charge in [-0.1, -0.05) is 29.3 Å². The largest absolute Gasteiger partial charge is 0.493 e. The number of ether oxygens (including phenoxy) is 1. The minimum absolute atomic E-state index is 0.271. The molecule has 0 bridgehead atoms. The van der Waals surface area contributed by atoms with Gasteiger partial charge in [0, 0.05) is 16.9 Å². The van der Waals surface area contributed by atoms with Crippen LogP contribution in [0.4, 0.5) is 0 Å². The molecular weight excluding hydrogens is 302 g/mol. The molecule has 0 amide bonds. The first-order chi connectivity index (χ1) is 9.13. The van der Waals surface area contributed by atoms with E-state index in [4.69, 9.17) is 10.5 Å². The molecule has 1 aliphatic heterocycles. The molecule has 19 heavy (non-hydrogen) atoms. The summed E-state index contributed by atoms with van der Waals surface area (Å²) in [5.74, 6) is 2.64. The average molecular weight is 324 g/mol. The molecule has 1 fully saturated rings. The van der Waals surface area contributed by atoms with Gasteiger partial charge in [-0.2, -0.15) is 0 Å². The van der Waals surface area contributed by atoms with Gasteiger partial charge in [0.2, 0.25) is 0 Å². The lowest BCUT2D eigenvalue weighted by molar-refractivity contribution is 0.348. The number of hydrogen-bond donors (Lipinski definition) is 1. The van der Waals surface area contributed by atoms with Crippen LogP contribution >= 0.6 is 15.9 Å². The van der Waals surface area contributed by atoms with Gasteiger partial charge in [0.05, 0.1) is 6.61 Å². The maximum Gasteiger partial charge on any atom is 0.125 e. The SMILES string of the molecule is CC1CCC(C(N)Cc2cc(Br)cc3c2OCC3)C1. The Morgan fingerprint density at radius 1 is 1.42 bits per heavy atom. The summed E-state index contributed by atoms with van der Waals surface area (Å²) >= 11 is 3.60. The van der Waals surface area contributed by atoms with Crippen molar-refractivity contribution in [2.75, 3.05) is 6.61 Å². The first-order valence-corrected chi connectivity index (χ1v) is 8.12. The molecule has 0 spiro atoms. The molecule has 2 nitrogen and oxygen atoms in total. The van der Waals surface area contributed by atoms with Crippen molar-refractivity contribution in [2.45, 2.75) is 45.1 Å². The van der Waals surface area contributed by atoms with Crippen molar-refractivity contribution in [1.82, 2.24) is 0 Å². The van der Waals surface area contributed by atoms with Crippen LogP contribution in [-0.4, -0.2) is 12.6 Å². The van der Waals surface area contributed by atoms with E-state index in [1.165, 1.54) is 30.4 Å². The Balaban J connectivity index is 1.76. The van der Waals surface area contributed by atoms with Crippen molar-refractivity contribution in [3.63, 3.8) is 0 Å². The van der Waals surface area contributed by atoms with Gasteiger partial charge in [-0.15, -0.1) is 0 Å². The molecule has 2 aliphatic rings.